The Morgan fingerprint density at radius 3 is 1.25 bits per heavy atom. The molecule has 2 aromatic carbocycles. The molecule has 0 radical (unpaired) electrons. The fourth-order valence-corrected chi connectivity index (χ4v) is 13.7. The van der Waals surface area contributed by atoms with Gasteiger partial charge in [0.25, 0.3) is 0 Å². The zero-order chi connectivity index (χ0) is 39.5. The van der Waals surface area contributed by atoms with Crippen LogP contribution >= 0.6 is 0 Å². The van der Waals surface area contributed by atoms with Gasteiger partial charge in [-0.1, -0.05) is 0 Å². The minimum absolute atomic E-state index is 0.0287. The summed E-state index contributed by atoms with van der Waals surface area (Å²) in [6, 6.07) is 8.17. The summed E-state index contributed by atoms with van der Waals surface area (Å²) in [6.45, 7) is 24.3. The van der Waals surface area contributed by atoms with Crippen molar-refractivity contribution < 1.29 is 19.1 Å². The Bertz CT molecular complexity index is 1760. The zero-order valence-electron chi connectivity index (χ0n) is 35.2. The van der Waals surface area contributed by atoms with Gasteiger partial charge in [0.05, 0.1) is 0 Å². The second kappa shape index (κ2) is 17.3. The number of rotatable bonds is 18. The predicted molar refractivity (Wildman–Crippen MR) is 225 cm³/mol. The zero-order valence-corrected chi connectivity index (χ0v) is 38.6. The summed E-state index contributed by atoms with van der Waals surface area (Å²) in [7, 11) is 8.38. The van der Waals surface area contributed by atoms with Crippen LogP contribution < -0.4 is 9.47 Å². The van der Waals surface area contributed by atoms with Crippen molar-refractivity contribution in [3.8, 4) is 11.5 Å². The normalized spacial score (nSPS) is 13.1. The minimum atomic E-state index is -0.243. The maximum atomic E-state index is 13.5. The summed E-state index contributed by atoms with van der Waals surface area (Å²) in [5, 5.41) is 2.30. The fourth-order valence-electron chi connectivity index (χ4n) is 9.09. The Kier molecular flexibility index (Phi) is 14.2. The van der Waals surface area contributed by atoms with E-state index in [1.165, 1.54) is 30.8 Å². The van der Waals surface area contributed by atoms with Gasteiger partial charge in [-0.05, 0) is 0 Å². The van der Waals surface area contributed by atoms with Crippen LogP contribution in [0.3, 0.4) is 0 Å². The van der Waals surface area contributed by atoms with E-state index in [1.807, 2.05) is 12.1 Å². The first-order valence-corrected chi connectivity index (χ1v) is 22.9. The molecule has 0 fully saturated rings. The molecule has 292 valence electrons. The second-order valence-electron chi connectivity index (χ2n) is 19.3. The van der Waals surface area contributed by atoms with E-state index in [1.54, 1.807) is 0 Å². The van der Waals surface area contributed by atoms with Gasteiger partial charge in [-0.2, -0.15) is 0 Å². The number of likely N-dealkylation sites (N-methyl/N-ethyl adjacent to an activating group) is 2. The van der Waals surface area contributed by atoms with E-state index in [9.17, 15) is 9.59 Å². The summed E-state index contributed by atoms with van der Waals surface area (Å²) < 4.78 is 15.0. The molecule has 0 aliphatic carbocycles. The Labute approximate surface area is 332 Å². The van der Waals surface area contributed by atoms with E-state index in [-0.39, 0.29) is 62.6 Å². The summed E-state index contributed by atoms with van der Waals surface area (Å²) in [5.74, 6) is 1.10. The molecule has 6 nitrogen and oxygen atoms in total. The Morgan fingerprint density at radius 2 is 0.906 bits per heavy atom. The first kappa shape index (κ1) is 43.5. The van der Waals surface area contributed by atoms with Crippen LogP contribution in [0.2, 0.25) is 0 Å². The molecule has 0 atom stereocenters. The number of esters is 2. The quantitative estimate of drug-likeness (QED) is 0.0565. The van der Waals surface area contributed by atoms with Gasteiger partial charge in [-0.25, -0.2) is 0 Å². The van der Waals surface area contributed by atoms with Gasteiger partial charge < -0.3 is 0 Å². The number of carbonyl (C=O) groups excluding carboxylic acids is 2. The molecule has 4 aromatic rings. The van der Waals surface area contributed by atoms with Crippen LogP contribution in [0, 0.1) is 35.5 Å². The maximum absolute atomic E-state index is 13.5. The summed E-state index contributed by atoms with van der Waals surface area (Å²) in [5.41, 5.74) is 4.62. The van der Waals surface area contributed by atoms with Crippen LogP contribution in [0.1, 0.15) is 110 Å². The number of hydrogen-bond donors (Lipinski definition) is 0. The van der Waals surface area contributed by atoms with Crippen LogP contribution in [-0.4, -0.2) is 92.0 Å². The van der Waals surface area contributed by atoms with Gasteiger partial charge in [-0.3, -0.25) is 0 Å². The van der Waals surface area contributed by atoms with Crippen LogP contribution in [0.15, 0.2) is 34.1 Å². The number of nitrogens with zero attached hydrogens (tertiary/aromatic N) is 2. The first-order chi connectivity index (χ1) is 24.5. The Hall–Kier alpha value is -2.18. The number of benzene rings is 2. The standard InChI is InChI=1S/C45H66N2O4Se2/c1-30-15-17-34(38-32(19-21-46(11)12)25-52-40(30)38)50-36(48)23-42(3,4)27-44(7,8)29-45(9,10)28-43(5,6)24-37(49)51-35-18-16-31(2)41-39(35)33(26-53-41)20-22-47(13)14/h15-18,25-26H,19-24,27-29H2,1-14H3. The van der Waals surface area contributed by atoms with Crippen molar-refractivity contribution >= 4 is 60.2 Å². The van der Waals surface area contributed by atoms with E-state index < -0.39 is 0 Å². The monoisotopic (exact) mass is 858 g/mol. The fraction of sp³-hybridized carbons (Fsp3) is 0.600. The molecule has 0 amide bonds. The van der Waals surface area contributed by atoms with Crippen LogP contribution in [-0.2, 0) is 22.4 Å². The van der Waals surface area contributed by atoms with E-state index in [0.717, 1.165) is 56.0 Å². The van der Waals surface area contributed by atoms with Gasteiger partial charge in [0.15, 0.2) is 0 Å². The van der Waals surface area contributed by atoms with Gasteiger partial charge in [-0.15, -0.1) is 0 Å². The number of ether oxygens (including phenoxy) is 2. The van der Waals surface area contributed by atoms with Crippen molar-refractivity contribution in [1.29, 1.82) is 0 Å². The average molecular weight is 857 g/mol. The van der Waals surface area contributed by atoms with E-state index in [0.29, 0.717) is 24.3 Å². The molecule has 0 aliphatic rings. The Balaban J connectivity index is 1.37. The molecule has 2 heterocycles. The summed E-state index contributed by atoms with van der Waals surface area (Å²) in [4.78, 5) is 36.2. The van der Waals surface area contributed by atoms with E-state index in [2.05, 4.69) is 129 Å². The van der Waals surface area contributed by atoms with Gasteiger partial charge in [0, 0.05) is 0 Å². The molecule has 0 N–H and O–H groups in total. The van der Waals surface area contributed by atoms with Crippen LogP contribution in [0.4, 0.5) is 0 Å². The van der Waals surface area contributed by atoms with Crippen LogP contribution in [0.5, 0.6) is 11.5 Å². The molecular weight excluding hydrogens is 790 g/mol. The molecule has 0 aliphatic heterocycles. The Morgan fingerprint density at radius 1 is 0.566 bits per heavy atom. The molecule has 2 aromatic heterocycles. The molecule has 4 rings (SSSR count). The number of fused-ring (bicyclic) bond motifs is 2. The van der Waals surface area contributed by atoms with Crippen molar-refractivity contribution in [2.24, 2.45) is 21.7 Å². The first-order valence-electron chi connectivity index (χ1n) is 19.2. The van der Waals surface area contributed by atoms with Crippen molar-refractivity contribution in [3.63, 3.8) is 0 Å². The molecule has 0 saturated carbocycles. The van der Waals surface area contributed by atoms with Crippen molar-refractivity contribution in [1.82, 2.24) is 9.80 Å². The molecular formula is C45H66N2O4Se2. The number of carbonyl (C=O) groups is 2. The third-order valence-electron chi connectivity index (χ3n) is 10.1. The van der Waals surface area contributed by atoms with Crippen LogP contribution in [0.25, 0.3) is 19.3 Å². The topological polar surface area (TPSA) is 59.1 Å². The summed E-state index contributed by atoms with van der Waals surface area (Å²) >= 11 is 0.535. The van der Waals surface area contributed by atoms with Crippen molar-refractivity contribution in [2.75, 3.05) is 41.3 Å². The number of aryl methyl sites for hydroxylation is 2. The molecule has 0 bridgehead atoms. The van der Waals surface area contributed by atoms with E-state index in [4.69, 9.17) is 9.47 Å². The number of hydrogen-bond acceptors (Lipinski definition) is 6. The van der Waals surface area contributed by atoms with E-state index >= 15 is 0 Å². The predicted octanol–water partition coefficient (Wildman–Crippen LogP) is 9.50. The molecule has 0 saturated heterocycles. The average Bonchev–Trinajstić information content (AvgIpc) is 3.61. The van der Waals surface area contributed by atoms with Crippen molar-refractivity contribution in [3.05, 3.63) is 56.4 Å². The molecule has 0 spiro atoms. The third-order valence-corrected chi connectivity index (χ3v) is 15.0. The molecule has 0 unspecified atom stereocenters. The molecule has 53 heavy (non-hydrogen) atoms. The second-order valence-corrected chi connectivity index (χ2v) is 23.0. The third kappa shape index (κ3) is 12.4. The summed E-state index contributed by atoms with van der Waals surface area (Å²) in [6.07, 6.45) is 5.35. The van der Waals surface area contributed by atoms with Gasteiger partial charge >= 0.3 is 334 Å². The van der Waals surface area contributed by atoms with Crippen molar-refractivity contribution in [2.45, 2.75) is 114 Å². The van der Waals surface area contributed by atoms with Gasteiger partial charge in [0.2, 0.25) is 0 Å². The van der Waals surface area contributed by atoms with Gasteiger partial charge in [0.1, 0.15) is 0 Å². The molecule has 8 heteroatoms. The SMILES string of the molecule is Cc1ccc(OC(=O)CC(C)(C)CC(C)(C)CC(C)(C)CC(C)(C)CC(=O)Oc2ccc(C)c3[se]cc(CCN(C)C)c23)c2c(CCN(C)C)c[se]c12.